The first-order chi connectivity index (χ1) is 14.8. The molecule has 0 saturated heterocycles. The molecule has 31 heavy (non-hydrogen) atoms. The number of benzene rings is 2. The van der Waals surface area contributed by atoms with Crippen LogP contribution in [0.15, 0.2) is 30.3 Å². The Morgan fingerprint density at radius 3 is 2.42 bits per heavy atom. The second kappa shape index (κ2) is 7.71. The van der Waals surface area contributed by atoms with Crippen molar-refractivity contribution < 1.29 is 28.8 Å². The van der Waals surface area contributed by atoms with Crippen LogP contribution < -0.4 is 9.47 Å². The third-order valence-corrected chi connectivity index (χ3v) is 5.54. The summed E-state index contributed by atoms with van der Waals surface area (Å²) in [7, 11) is 3.08. The van der Waals surface area contributed by atoms with E-state index in [-0.39, 0.29) is 17.7 Å². The molecule has 0 spiro atoms. The fraction of sp³-hybridized carbons (Fsp3) is 0.286. The van der Waals surface area contributed by atoms with Crippen molar-refractivity contribution in [3.8, 4) is 11.5 Å². The monoisotopic (exact) mass is 425 g/mol. The van der Waals surface area contributed by atoms with Gasteiger partial charge in [-0.2, -0.15) is 0 Å². The molecule has 2 aliphatic rings. The second-order valence-corrected chi connectivity index (χ2v) is 7.19. The first-order valence-electron chi connectivity index (χ1n) is 9.50. The van der Waals surface area contributed by atoms with Crippen molar-refractivity contribution in [2.24, 2.45) is 0 Å². The Kier molecular flexibility index (Phi) is 5.05. The van der Waals surface area contributed by atoms with E-state index in [1.54, 1.807) is 18.1 Å². The molecule has 2 aliphatic heterocycles. The zero-order valence-corrected chi connectivity index (χ0v) is 16.9. The summed E-state index contributed by atoms with van der Waals surface area (Å²) in [6, 6.07) is 7.54. The molecule has 160 valence electrons. The highest BCUT2D eigenvalue weighted by molar-refractivity contribution is 6.24. The molecule has 0 aromatic heterocycles. The number of ether oxygens (including phenoxy) is 2. The lowest BCUT2D eigenvalue weighted by Gasteiger charge is -2.30. The van der Waals surface area contributed by atoms with Crippen LogP contribution >= 0.6 is 0 Å². The maximum Gasteiger partial charge on any atom is 0.282 e. The van der Waals surface area contributed by atoms with Gasteiger partial charge < -0.3 is 14.4 Å². The molecule has 10 nitrogen and oxygen atoms in total. The number of imide groups is 1. The number of carbonyl (C=O) groups is 3. The number of hydrogen-bond donors (Lipinski definition) is 0. The number of nitro groups is 1. The average Bonchev–Trinajstić information content (AvgIpc) is 3.02. The SMILES string of the molecule is COc1cc2c(cc1OC)CN(C(=O)CN1C(=O)c3cccc([N+](=O)[O-])c3C1=O)CC2. The number of amides is 3. The quantitative estimate of drug-likeness (QED) is 0.407. The van der Waals surface area contributed by atoms with Crippen molar-refractivity contribution in [3.63, 3.8) is 0 Å². The van der Waals surface area contributed by atoms with Crippen molar-refractivity contribution in [1.29, 1.82) is 0 Å². The maximum absolute atomic E-state index is 12.9. The topological polar surface area (TPSA) is 119 Å². The summed E-state index contributed by atoms with van der Waals surface area (Å²) in [6.45, 7) is 0.217. The van der Waals surface area contributed by atoms with E-state index in [9.17, 15) is 24.5 Å². The third-order valence-electron chi connectivity index (χ3n) is 5.54. The van der Waals surface area contributed by atoms with Gasteiger partial charge in [-0.15, -0.1) is 0 Å². The summed E-state index contributed by atoms with van der Waals surface area (Å²) in [5.74, 6) is -0.806. The first-order valence-corrected chi connectivity index (χ1v) is 9.50. The minimum absolute atomic E-state index is 0.0622. The summed E-state index contributed by atoms with van der Waals surface area (Å²) in [4.78, 5) is 51.1. The van der Waals surface area contributed by atoms with E-state index in [1.807, 2.05) is 6.07 Å². The molecule has 2 aromatic carbocycles. The van der Waals surface area contributed by atoms with Crippen molar-refractivity contribution in [2.75, 3.05) is 27.3 Å². The highest BCUT2D eigenvalue weighted by Gasteiger charge is 2.42. The highest BCUT2D eigenvalue weighted by atomic mass is 16.6. The number of carbonyl (C=O) groups excluding carboxylic acids is 3. The molecule has 4 rings (SSSR count). The van der Waals surface area contributed by atoms with E-state index < -0.39 is 34.9 Å². The molecule has 0 unspecified atom stereocenters. The molecule has 2 heterocycles. The summed E-state index contributed by atoms with van der Waals surface area (Å²) >= 11 is 0. The van der Waals surface area contributed by atoms with Gasteiger partial charge in [0, 0.05) is 19.2 Å². The van der Waals surface area contributed by atoms with Gasteiger partial charge in [0.2, 0.25) is 5.91 Å². The number of nitrogens with zero attached hydrogens (tertiary/aromatic N) is 3. The molecular weight excluding hydrogens is 406 g/mol. The van der Waals surface area contributed by atoms with E-state index in [1.165, 1.54) is 25.3 Å². The normalized spacial score (nSPS) is 14.9. The van der Waals surface area contributed by atoms with Crippen LogP contribution in [0, 0.1) is 10.1 Å². The number of fused-ring (bicyclic) bond motifs is 2. The van der Waals surface area contributed by atoms with Gasteiger partial charge >= 0.3 is 0 Å². The lowest BCUT2D eigenvalue weighted by molar-refractivity contribution is -0.385. The van der Waals surface area contributed by atoms with Gasteiger partial charge in [-0.3, -0.25) is 29.4 Å². The van der Waals surface area contributed by atoms with Gasteiger partial charge in [0.25, 0.3) is 17.5 Å². The lowest BCUT2D eigenvalue weighted by Crippen LogP contribution is -2.44. The summed E-state index contributed by atoms with van der Waals surface area (Å²) in [5.41, 5.74) is 1.13. The molecule has 0 atom stereocenters. The largest absolute Gasteiger partial charge is 0.493 e. The Labute approximate surface area is 177 Å². The minimum Gasteiger partial charge on any atom is -0.493 e. The van der Waals surface area contributed by atoms with Crippen LogP contribution in [0.5, 0.6) is 11.5 Å². The lowest BCUT2D eigenvalue weighted by atomic mass is 9.98. The Morgan fingerprint density at radius 1 is 1.10 bits per heavy atom. The molecule has 0 fully saturated rings. The smallest absolute Gasteiger partial charge is 0.282 e. The first kappa shape index (κ1) is 20.3. The van der Waals surface area contributed by atoms with E-state index in [2.05, 4.69) is 0 Å². The fourth-order valence-electron chi connectivity index (χ4n) is 3.94. The molecule has 0 aliphatic carbocycles. The maximum atomic E-state index is 12.9. The summed E-state index contributed by atoms with van der Waals surface area (Å²) in [6.07, 6.45) is 0.578. The van der Waals surface area contributed by atoms with Crippen molar-refractivity contribution in [2.45, 2.75) is 13.0 Å². The number of nitro benzene ring substituents is 1. The van der Waals surface area contributed by atoms with Crippen LogP contribution in [0.3, 0.4) is 0 Å². The van der Waals surface area contributed by atoms with Crippen LogP contribution in [0.2, 0.25) is 0 Å². The molecular formula is C21H19N3O7. The predicted octanol–water partition coefficient (Wildman–Crippen LogP) is 1.79. The standard InChI is InChI=1S/C21H19N3O7/c1-30-16-8-12-6-7-22(10-13(12)9-17(16)31-2)18(25)11-23-20(26)14-4-3-5-15(24(28)29)19(14)21(23)27/h3-5,8-9H,6-7,10-11H2,1-2H3. The summed E-state index contributed by atoms with van der Waals surface area (Å²) < 4.78 is 10.6. The molecule has 0 N–H and O–H groups in total. The Balaban J connectivity index is 1.53. The van der Waals surface area contributed by atoms with Crippen LogP contribution in [0.25, 0.3) is 0 Å². The fourth-order valence-corrected chi connectivity index (χ4v) is 3.94. The van der Waals surface area contributed by atoms with Gasteiger partial charge in [0.05, 0.1) is 24.7 Å². The van der Waals surface area contributed by atoms with Gasteiger partial charge in [0.15, 0.2) is 11.5 Å². The van der Waals surface area contributed by atoms with E-state index in [4.69, 9.17) is 9.47 Å². The van der Waals surface area contributed by atoms with E-state index in [0.717, 1.165) is 16.0 Å². The van der Waals surface area contributed by atoms with E-state index >= 15 is 0 Å². The number of hydrogen-bond acceptors (Lipinski definition) is 7. The third kappa shape index (κ3) is 3.35. The van der Waals surface area contributed by atoms with Gasteiger partial charge in [-0.05, 0) is 35.7 Å². The zero-order chi connectivity index (χ0) is 22.3. The average molecular weight is 425 g/mol. The van der Waals surface area contributed by atoms with E-state index in [0.29, 0.717) is 24.5 Å². The molecule has 0 saturated carbocycles. The zero-order valence-electron chi connectivity index (χ0n) is 16.9. The Bertz CT molecular complexity index is 1130. The highest BCUT2D eigenvalue weighted by Crippen LogP contribution is 2.34. The Morgan fingerprint density at radius 2 is 1.77 bits per heavy atom. The summed E-state index contributed by atoms with van der Waals surface area (Å²) in [5, 5.41) is 11.2. The van der Waals surface area contributed by atoms with Crippen LogP contribution in [0.4, 0.5) is 5.69 Å². The number of methoxy groups -OCH3 is 2. The molecule has 0 radical (unpaired) electrons. The predicted molar refractivity (Wildman–Crippen MR) is 107 cm³/mol. The molecule has 0 bridgehead atoms. The van der Waals surface area contributed by atoms with Gasteiger partial charge in [-0.25, -0.2) is 0 Å². The molecule has 10 heteroatoms. The van der Waals surface area contributed by atoms with Crippen LogP contribution in [0.1, 0.15) is 31.8 Å². The van der Waals surface area contributed by atoms with Crippen molar-refractivity contribution in [1.82, 2.24) is 9.80 Å². The van der Waals surface area contributed by atoms with Crippen LogP contribution in [-0.2, 0) is 17.8 Å². The van der Waals surface area contributed by atoms with Crippen molar-refractivity contribution in [3.05, 3.63) is 62.7 Å². The van der Waals surface area contributed by atoms with Crippen LogP contribution in [-0.4, -0.2) is 59.8 Å². The Hall–Kier alpha value is -3.95. The van der Waals surface area contributed by atoms with Gasteiger partial charge in [0.1, 0.15) is 12.1 Å². The molecule has 2 aromatic rings. The second-order valence-electron chi connectivity index (χ2n) is 7.19. The molecule has 3 amide bonds. The minimum atomic E-state index is -0.829. The number of rotatable bonds is 5. The van der Waals surface area contributed by atoms with Crippen molar-refractivity contribution >= 4 is 23.4 Å². The van der Waals surface area contributed by atoms with Gasteiger partial charge in [-0.1, -0.05) is 6.07 Å².